The SMILES string of the molecule is COC1C(C)C(NC(=O)Nc2ccc(F)c(C)c2)C1(C)C. The molecule has 5 heteroatoms. The number of rotatable bonds is 3. The maximum Gasteiger partial charge on any atom is 0.319 e. The van der Waals surface area contributed by atoms with Gasteiger partial charge in [0.15, 0.2) is 0 Å². The van der Waals surface area contributed by atoms with E-state index in [1.807, 2.05) is 0 Å². The number of hydrogen-bond acceptors (Lipinski definition) is 2. The van der Waals surface area contributed by atoms with E-state index in [1.165, 1.54) is 6.07 Å². The molecule has 2 amide bonds. The molecule has 0 heterocycles. The number of amides is 2. The van der Waals surface area contributed by atoms with Crippen LogP contribution in [0.3, 0.4) is 0 Å². The first-order chi connectivity index (χ1) is 9.77. The van der Waals surface area contributed by atoms with Crippen LogP contribution in [0.4, 0.5) is 14.9 Å². The van der Waals surface area contributed by atoms with Gasteiger partial charge in [-0.1, -0.05) is 20.8 Å². The molecule has 21 heavy (non-hydrogen) atoms. The average molecular weight is 294 g/mol. The van der Waals surface area contributed by atoms with Gasteiger partial charge in [0, 0.05) is 30.2 Å². The summed E-state index contributed by atoms with van der Waals surface area (Å²) in [5, 5.41) is 5.72. The van der Waals surface area contributed by atoms with Gasteiger partial charge in [-0.2, -0.15) is 0 Å². The predicted molar refractivity (Wildman–Crippen MR) is 80.8 cm³/mol. The number of aryl methyl sites for hydroxylation is 1. The first-order valence-electron chi connectivity index (χ1n) is 7.14. The van der Waals surface area contributed by atoms with Gasteiger partial charge in [-0.25, -0.2) is 9.18 Å². The zero-order valence-corrected chi connectivity index (χ0v) is 13.2. The lowest BCUT2D eigenvalue weighted by Crippen LogP contribution is -2.68. The predicted octanol–water partition coefficient (Wildman–Crippen LogP) is 3.32. The van der Waals surface area contributed by atoms with Crippen molar-refractivity contribution in [3.63, 3.8) is 0 Å². The Hall–Kier alpha value is -1.62. The zero-order chi connectivity index (χ0) is 15.8. The van der Waals surface area contributed by atoms with E-state index in [0.29, 0.717) is 11.3 Å². The Morgan fingerprint density at radius 1 is 1.38 bits per heavy atom. The number of carbonyl (C=O) groups is 1. The second-order valence-corrected chi connectivity index (χ2v) is 6.38. The quantitative estimate of drug-likeness (QED) is 0.898. The van der Waals surface area contributed by atoms with Crippen molar-refractivity contribution < 1.29 is 13.9 Å². The van der Waals surface area contributed by atoms with E-state index in [2.05, 4.69) is 31.4 Å². The molecule has 1 fully saturated rings. The molecule has 3 atom stereocenters. The van der Waals surface area contributed by atoms with Crippen LogP contribution in [0.2, 0.25) is 0 Å². The van der Waals surface area contributed by atoms with E-state index < -0.39 is 0 Å². The molecule has 0 aromatic heterocycles. The Balaban J connectivity index is 1.98. The van der Waals surface area contributed by atoms with Crippen molar-refractivity contribution in [2.24, 2.45) is 11.3 Å². The first kappa shape index (κ1) is 15.8. The lowest BCUT2D eigenvalue weighted by molar-refractivity contribution is -0.140. The second kappa shape index (κ2) is 5.64. The molecule has 0 saturated heterocycles. The Morgan fingerprint density at radius 2 is 2.05 bits per heavy atom. The minimum absolute atomic E-state index is 0.0454. The van der Waals surface area contributed by atoms with Gasteiger partial charge in [0.05, 0.1) is 6.10 Å². The summed E-state index contributed by atoms with van der Waals surface area (Å²) in [6.07, 6.45) is 0.135. The smallest absolute Gasteiger partial charge is 0.319 e. The van der Waals surface area contributed by atoms with E-state index in [-0.39, 0.29) is 35.3 Å². The largest absolute Gasteiger partial charge is 0.380 e. The maximum atomic E-state index is 13.2. The molecule has 1 saturated carbocycles. The van der Waals surface area contributed by atoms with Gasteiger partial charge in [-0.05, 0) is 30.7 Å². The minimum atomic E-state index is -0.280. The number of carbonyl (C=O) groups excluding carboxylic acids is 1. The zero-order valence-electron chi connectivity index (χ0n) is 13.2. The fraction of sp³-hybridized carbons (Fsp3) is 0.562. The van der Waals surface area contributed by atoms with Crippen LogP contribution in [0, 0.1) is 24.1 Å². The Bertz CT molecular complexity index is 545. The molecule has 2 N–H and O–H groups in total. The molecule has 1 aliphatic carbocycles. The number of ether oxygens (including phenoxy) is 1. The van der Waals surface area contributed by atoms with Crippen LogP contribution in [0.15, 0.2) is 18.2 Å². The Morgan fingerprint density at radius 3 is 2.57 bits per heavy atom. The third kappa shape index (κ3) is 2.88. The number of halogens is 1. The normalized spacial score (nSPS) is 26.9. The number of nitrogens with one attached hydrogen (secondary N) is 2. The highest BCUT2D eigenvalue weighted by atomic mass is 19.1. The monoisotopic (exact) mass is 294 g/mol. The molecular formula is C16H23FN2O2. The van der Waals surface area contributed by atoms with Crippen LogP contribution in [-0.2, 0) is 4.74 Å². The van der Waals surface area contributed by atoms with Gasteiger partial charge in [0.1, 0.15) is 5.82 Å². The molecule has 0 aliphatic heterocycles. The van der Waals surface area contributed by atoms with Crippen molar-refractivity contribution in [3.05, 3.63) is 29.6 Å². The summed E-state index contributed by atoms with van der Waals surface area (Å²) in [5.74, 6) is -0.0247. The van der Waals surface area contributed by atoms with Crippen LogP contribution in [0.1, 0.15) is 26.3 Å². The van der Waals surface area contributed by atoms with Crippen molar-refractivity contribution in [2.45, 2.75) is 39.8 Å². The molecule has 3 unspecified atom stereocenters. The lowest BCUT2D eigenvalue weighted by Gasteiger charge is -2.56. The number of anilines is 1. The first-order valence-corrected chi connectivity index (χ1v) is 7.14. The van der Waals surface area contributed by atoms with Crippen molar-refractivity contribution >= 4 is 11.7 Å². The summed E-state index contributed by atoms with van der Waals surface area (Å²) < 4.78 is 18.7. The number of benzene rings is 1. The molecule has 2 rings (SSSR count). The lowest BCUT2D eigenvalue weighted by atomic mass is 9.58. The molecule has 1 aromatic carbocycles. The van der Waals surface area contributed by atoms with Gasteiger partial charge in [-0.15, -0.1) is 0 Å². The van der Waals surface area contributed by atoms with E-state index in [1.54, 1.807) is 26.2 Å². The maximum absolute atomic E-state index is 13.2. The molecule has 4 nitrogen and oxygen atoms in total. The number of urea groups is 1. The fourth-order valence-corrected chi connectivity index (χ4v) is 3.46. The van der Waals surface area contributed by atoms with Crippen LogP contribution >= 0.6 is 0 Å². The van der Waals surface area contributed by atoms with Gasteiger partial charge in [-0.3, -0.25) is 0 Å². The molecular weight excluding hydrogens is 271 g/mol. The number of hydrogen-bond donors (Lipinski definition) is 2. The summed E-state index contributed by atoms with van der Waals surface area (Å²) in [4.78, 5) is 12.1. The molecule has 0 spiro atoms. The van der Waals surface area contributed by atoms with E-state index in [0.717, 1.165) is 0 Å². The fourth-order valence-electron chi connectivity index (χ4n) is 3.46. The van der Waals surface area contributed by atoms with E-state index in [9.17, 15) is 9.18 Å². The molecule has 1 aliphatic rings. The molecule has 116 valence electrons. The van der Waals surface area contributed by atoms with Gasteiger partial charge >= 0.3 is 6.03 Å². The second-order valence-electron chi connectivity index (χ2n) is 6.38. The molecule has 0 bridgehead atoms. The summed E-state index contributed by atoms with van der Waals surface area (Å²) >= 11 is 0. The van der Waals surface area contributed by atoms with E-state index in [4.69, 9.17) is 4.74 Å². The Kier molecular flexibility index (Phi) is 4.23. The van der Waals surface area contributed by atoms with Crippen LogP contribution in [0.5, 0.6) is 0 Å². The molecule has 0 radical (unpaired) electrons. The summed E-state index contributed by atoms with van der Waals surface area (Å²) in [7, 11) is 1.69. The summed E-state index contributed by atoms with van der Waals surface area (Å²) in [5.41, 5.74) is 0.980. The van der Waals surface area contributed by atoms with Crippen molar-refractivity contribution in [1.82, 2.24) is 5.32 Å². The van der Waals surface area contributed by atoms with Crippen LogP contribution in [-0.4, -0.2) is 25.3 Å². The third-order valence-corrected chi connectivity index (χ3v) is 4.49. The highest BCUT2D eigenvalue weighted by Crippen LogP contribution is 2.46. The minimum Gasteiger partial charge on any atom is -0.380 e. The molecule has 1 aromatic rings. The highest BCUT2D eigenvalue weighted by molar-refractivity contribution is 5.89. The highest BCUT2D eigenvalue weighted by Gasteiger charge is 2.55. The summed E-state index contributed by atoms with van der Waals surface area (Å²) in [6, 6.07) is 4.28. The number of methoxy groups -OCH3 is 1. The van der Waals surface area contributed by atoms with E-state index >= 15 is 0 Å². The van der Waals surface area contributed by atoms with Gasteiger partial charge in [0.2, 0.25) is 0 Å². The van der Waals surface area contributed by atoms with Crippen molar-refractivity contribution in [3.8, 4) is 0 Å². The third-order valence-electron chi connectivity index (χ3n) is 4.49. The van der Waals surface area contributed by atoms with Gasteiger partial charge < -0.3 is 15.4 Å². The average Bonchev–Trinajstić information content (AvgIpc) is 2.40. The Labute approximate surface area is 125 Å². The van der Waals surface area contributed by atoms with Crippen molar-refractivity contribution in [2.75, 3.05) is 12.4 Å². The van der Waals surface area contributed by atoms with Crippen LogP contribution in [0.25, 0.3) is 0 Å². The van der Waals surface area contributed by atoms with Crippen LogP contribution < -0.4 is 10.6 Å². The standard InChI is InChI=1S/C16H23FN2O2/c1-9-8-11(6-7-12(9)17)18-15(20)19-13-10(2)14(21-5)16(13,3)4/h6-8,10,13-14H,1-5H3,(H2,18,19,20). The topological polar surface area (TPSA) is 50.4 Å². The van der Waals surface area contributed by atoms with Gasteiger partial charge in [0.25, 0.3) is 0 Å². The van der Waals surface area contributed by atoms with Crippen molar-refractivity contribution in [1.29, 1.82) is 0 Å². The summed E-state index contributed by atoms with van der Waals surface area (Å²) in [6.45, 7) is 7.88.